The van der Waals surface area contributed by atoms with Crippen LogP contribution in [0.1, 0.15) is 89.2 Å². The van der Waals surface area contributed by atoms with Crippen molar-refractivity contribution in [1.29, 1.82) is 0 Å². The minimum atomic E-state index is -0.0945. The Hall–Kier alpha value is -2.96. The second-order valence-corrected chi connectivity index (χ2v) is 11.4. The Balaban J connectivity index is 1.66. The number of nitrogens with zero attached hydrogens (tertiary/aromatic N) is 5. The maximum absolute atomic E-state index is 11.9. The molecular formula is C29H41N5O2. The summed E-state index contributed by atoms with van der Waals surface area (Å²) in [5.74, 6) is 1.00. The molecule has 0 aliphatic carbocycles. The van der Waals surface area contributed by atoms with Crippen molar-refractivity contribution >= 4 is 23.1 Å². The highest BCUT2D eigenvalue weighted by Crippen LogP contribution is 2.30. The van der Waals surface area contributed by atoms with Crippen LogP contribution in [-0.4, -0.2) is 45.2 Å². The molecule has 1 fully saturated rings. The van der Waals surface area contributed by atoms with Crippen LogP contribution in [0, 0.1) is 12.8 Å². The molecule has 0 N–H and O–H groups in total. The van der Waals surface area contributed by atoms with Gasteiger partial charge in [-0.15, -0.1) is 0 Å². The van der Waals surface area contributed by atoms with Crippen molar-refractivity contribution in [2.45, 2.75) is 85.6 Å². The van der Waals surface area contributed by atoms with E-state index in [0.29, 0.717) is 18.9 Å². The summed E-state index contributed by atoms with van der Waals surface area (Å²) >= 11 is 0. The van der Waals surface area contributed by atoms with E-state index in [0.717, 1.165) is 55.2 Å². The lowest BCUT2D eigenvalue weighted by atomic mass is 9.84. The van der Waals surface area contributed by atoms with Crippen LogP contribution in [0.2, 0.25) is 0 Å². The fraction of sp³-hybridized carbons (Fsp3) is 0.586. The number of fused-ring (bicyclic) bond motifs is 1. The predicted octanol–water partition coefficient (Wildman–Crippen LogP) is 5.77. The van der Waals surface area contributed by atoms with Crippen molar-refractivity contribution in [3.05, 3.63) is 46.9 Å². The maximum Gasteiger partial charge on any atom is 0.306 e. The Morgan fingerprint density at radius 3 is 2.53 bits per heavy atom. The van der Waals surface area contributed by atoms with Crippen molar-refractivity contribution in [2.24, 2.45) is 5.92 Å². The van der Waals surface area contributed by atoms with Gasteiger partial charge in [0.15, 0.2) is 5.65 Å². The Bertz CT molecular complexity index is 1220. The largest absolute Gasteiger partial charge is 0.466 e. The average molecular weight is 492 g/mol. The van der Waals surface area contributed by atoms with Gasteiger partial charge in [0.25, 0.3) is 0 Å². The van der Waals surface area contributed by atoms with E-state index in [1.165, 1.54) is 16.7 Å². The first-order valence-electron chi connectivity index (χ1n) is 13.3. The number of hydrogen-bond donors (Lipinski definition) is 0. The van der Waals surface area contributed by atoms with Gasteiger partial charge >= 0.3 is 5.97 Å². The first-order chi connectivity index (χ1) is 17.1. The van der Waals surface area contributed by atoms with Crippen molar-refractivity contribution in [2.75, 3.05) is 24.6 Å². The zero-order valence-electron chi connectivity index (χ0n) is 23.0. The molecule has 0 spiro atoms. The Kier molecular flexibility index (Phi) is 7.67. The number of piperidine rings is 1. The van der Waals surface area contributed by atoms with E-state index in [4.69, 9.17) is 14.7 Å². The normalized spacial score (nSPS) is 15.2. The van der Waals surface area contributed by atoms with Crippen molar-refractivity contribution in [3.8, 4) is 0 Å². The predicted molar refractivity (Wildman–Crippen MR) is 145 cm³/mol. The fourth-order valence-corrected chi connectivity index (χ4v) is 4.96. The van der Waals surface area contributed by atoms with Crippen LogP contribution in [0.25, 0.3) is 11.2 Å². The molecular weight excluding hydrogens is 450 g/mol. The molecule has 3 aromatic rings. The van der Waals surface area contributed by atoms with E-state index in [1.54, 1.807) is 0 Å². The van der Waals surface area contributed by atoms with Gasteiger partial charge in [0.05, 0.1) is 18.6 Å². The van der Waals surface area contributed by atoms with Crippen molar-refractivity contribution in [1.82, 2.24) is 19.5 Å². The molecule has 0 radical (unpaired) electrons. The zero-order chi connectivity index (χ0) is 26.0. The van der Waals surface area contributed by atoms with Gasteiger partial charge < -0.3 is 14.2 Å². The first-order valence-corrected chi connectivity index (χ1v) is 13.3. The van der Waals surface area contributed by atoms with Crippen LogP contribution in [0.4, 0.5) is 5.95 Å². The molecule has 36 heavy (non-hydrogen) atoms. The molecule has 7 nitrogen and oxygen atoms in total. The minimum Gasteiger partial charge on any atom is -0.466 e. The monoisotopic (exact) mass is 491 g/mol. The SMILES string of the molecule is CCOC(=O)CC1CCN(c2nc(Cc3cc(C(C)(C)C)ccc3C)c3c(ncn3C(C)C)n2)CC1. The summed E-state index contributed by atoms with van der Waals surface area (Å²) in [6, 6.07) is 7.06. The molecule has 0 amide bonds. The highest BCUT2D eigenvalue weighted by atomic mass is 16.5. The molecule has 1 aromatic carbocycles. The molecule has 1 saturated heterocycles. The lowest BCUT2D eigenvalue weighted by Gasteiger charge is -2.31. The number of aromatic nitrogens is 4. The Morgan fingerprint density at radius 2 is 1.89 bits per heavy atom. The third kappa shape index (κ3) is 5.71. The topological polar surface area (TPSA) is 73.1 Å². The third-order valence-corrected chi connectivity index (χ3v) is 7.28. The Morgan fingerprint density at radius 1 is 1.17 bits per heavy atom. The van der Waals surface area contributed by atoms with Gasteiger partial charge in [0.1, 0.15) is 5.52 Å². The first kappa shape index (κ1) is 26.1. The lowest BCUT2D eigenvalue weighted by Crippen LogP contribution is -2.36. The van der Waals surface area contributed by atoms with Crippen LogP contribution >= 0.6 is 0 Å². The van der Waals surface area contributed by atoms with Gasteiger partial charge in [0, 0.05) is 32.0 Å². The number of rotatable bonds is 7. The standard InChI is InChI=1S/C29H41N5O2/c1-8-36-25(35)15-21-11-13-33(14-12-21)28-31-24(26-27(32-28)30-18-34(26)19(2)3)17-22-16-23(29(5,6)7)10-9-20(22)4/h9-10,16,18-19,21H,8,11-15,17H2,1-7H3. The molecule has 7 heteroatoms. The molecule has 0 bridgehead atoms. The maximum atomic E-state index is 11.9. The van der Waals surface area contributed by atoms with Gasteiger partial charge in [-0.1, -0.05) is 39.0 Å². The summed E-state index contributed by atoms with van der Waals surface area (Å²) in [4.78, 5) is 28.9. The number of carbonyl (C=O) groups excluding carboxylic acids is 1. The average Bonchev–Trinajstić information content (AvgIpc) is 3.25. The van der Waals surface area contributed by atoms with Crippen LogP contribution in [0.5, 0.6) is 0 Å². The highest BCUT2D eigenvalue weighted by Gasteiger charge is 2.26. The van der Waals surface area contributed by atoms with E-state index in [1.807, 2.05) is 13.3 Å². The Labute approximate surface area is 215 Å². The van der Waals surface area contributed by atoms with Gasteiger partial charge in [-0.3, -0.25) is 4.79 Å². The lowest BCUT2D eigenvalue weighted by molar-refractivity contribution is -0.144. The summed E-state index contributed by atoms with van der Waals surface area (Å²) in [6.07, 6.45) is 4.99. The molecule has 194 valence electrons. The van der Waals surface area contributed by atoms with Crippen molar-refractivity contribution < 1.29 is 9.53 Å². The molecule has 0 atom stereocenters. The molecule has 1 aliphatic rings. The van der Waals surface area contributed by atoms with Gasteiger partial charge in [-0.25, -0.2) is 9.97 Å². The summed E-state index contributed by atoms with van der Waals surface area (Å²) in [7, 11) is 0. The number of benzene rings is 1. The number of ether oxygens (including phenoxy) is 1. The van der Waals surface area contributed by atoms with E-state index in [2.05, 4.69) is 74.2 Å². The summed E-state index contributed by atoms with van der Waals surface area (Å²) in [5.41, 5.74) is 6.76. The highest BCUT2D eigenvalue weighted by molar-refractivity contribution is 5.76. The molecule has 2 aromatic heterocycles. The van der Waals surface area contributed by atoms with Gasteiger partial charge in [0.2, 0.25) is 5.95 Å². The minimum absolute atomic E-state index is 0.0855. The molecule has 1 aliphatic heterocycles. The number of hydrogen-bond acceptors (Lipinski definition) is 6. The van der Waals surface area contributed by atoms with Crippen LogP contribution in [0.3, 0.4) is 0 Å². The fourth-order valence-electron chi connectivity index (χ4n) is 4.96. The summed E-state index contributed by atoms with van der Waals surface area (Å²) in [5, 5.41) is 0. The van der Waals surface area contributed by atoms with E-state index in [-0.39, 0.29) is 17.4 Å². The number of esters is 1. The number of anilines is 1. The van der Waals surface area contributed by atoms with E-state index >= 15 is 0 Å². The van der Waals surface area contributed by atoms with Crippen LogP contribution < -0.4 is 4.90 Å². The molecule has 4 rings (SSSR count). The summed E-state index contributed by atoms with van der Waals surface area (Å²) < 4.78 is 7.33. The van der Waals surface area contributed by atoms with Crippen molar-refractivity contribution in [3.63, 3.8) is 0 Å². The number of carbonyl (C=O) groups is 1. The van der Waals surface area contributed by atoms with E-state index < -0.39 is 0 Å². The van der Waals surface area contributed by atoms with Crippen LogP contribution in [-0.2, 0) is 21.4 Å². The van der Waals surface area contributed by atoms with Gasteiger partial charge in [-0.2, -0.15) is 4.98 Å². The number of aryl methyl sites for hydroxylation is 1. The quantitative estimate of drug-likeness (QED) is 0.391. The smallest absolute Gasteiger partial charge is 0.306 e. The number of imidazole rings is 1. The molecule has 0 saturated carbocycles. The second-order valence-electron chi connectivity index (χ2n) is 11.4. The second kappa shape index (κ2) is 10.6. The van der Waals surface area contributed by atoms with Gasteiger partial charge in [-0.05, 0) is 68.6 Å². The summed E-state index contributed by atoms with van der Waals surface area (Å²) in [6.45, 7) is 17.2. The van der Waals surface area contributed by atoms with Crippen LogP contribution in [0.15, 0.2) is 24.5 Å². The third-order valence-electron chi connectivity index (χ3n) is 7.28. The van der Waals surface area contributed by atoms with E-state index in [9.17, 15) is 4.79 Å². The zero-order valence-corrected chi connectivity index (χ0v) is 23.0. The molecule has 0 unspecified atom stereocenters. The molecule has 3 heterocycles.